The Balaban J connectivity index is 1.71. The predicted molar refractivity (Wildman–Crippen MR) is 101 cm³/mol. The van der Waals surface area contributed by atoms with Crippen molar-refractivity contribution in [3.63, 3.8) is 0 Å². The molecule has 1 spiro atoms. The van der Waals surface area contributed by atoms with Gasteiger partial charge in [-0.05, 0) is 76.0 Å². The molecule has 158 valence electrons. The van der Waals surface area contributed by atoms with E-state index in [1.807, 2.05) is 13.8 Å². The molecule has 0 radical (unpaired) electrons. The lowest BCUT2D eigenvalue weighted by Crippen LogP contribution is -2.59. The Labute approximate surface area is 162 Å². The summed E-state index contributed by atoms with van der Waals surface area (Å²) in [4.78, 5) is 0. The van der Waals surface area contributed by atoms with Gasteiger partial charge in [-0.3, -0.25) is 0 Å². The van der Waals surface area contributed by atoms with Crippen LogP contribution >= 0.6 is 0 Å². The standard InChI is InChI=1S/C21H38O6/c1-11-6-7-15(22)12(2)21(11)9-8-14(10-21)20(4,5)27-19-18(25)17(24)16(23)13(3)26-19/h11-19,22-25H,6-10H2,1-5H3/t11-,12-,13+,14+,15+,16-,17-,18+,19-,21-/m0/s1. The monoisotopic (exact) mass is 386 g/mol. The van der Waals surface area contributed by atoms with Crippen molar-refractivity contribution in [1.29, 1.82) is 0 Å². The molecule has 0 aromatic carbocycles. The molecule has 3 fully saturated rings. The van der Waals surface area contributed by atoms with Crippen LogP contribution in [0.5, 0.6) is 0 Å². The normalized spacial score (nSPS) is 51.7. The minimum absolute atomic E-state index is 0.137. The second kappa shape index (κ2) is 7.54. The van der Waals surface area contributed by atoms with E-state index >= 15 is 0 Å². The lowest BCUT2D eigenvalue weighted by atomic mass is 9.58. The quantitative estimate of drug-likeness (QED) is 0.591. The zero-order chi connectivity index (χ0) is 20.1. The summed E-state index contributed by atoms with van der Waals surface area (Å²) >= 11 is 0. The summed E-state index contributed by atoms with van der Waals surface area (Å²) in [7, 11) is 0. The largest absolute Gasteiger partial charge is 0.393 e. The van der Waals surface area contributed by atoms with Crippen molar-refractivity contribution in [1.82, 2.24) is 0 Å². The van der Waals surface area contributed by atoms with Crippen LogP contribution in [0.25, 0.3) is 0 Å². The van der Waals surface area contributed by atoms with Crippen LogP contribution in [0.4, 0.5) is 0 Å². The molecule has 1 heterocycles. The van der Waals surface area contributed by atoms with Crippen molar-refractivity contribution in [2.45, 2.75) is 109 Å². The fourth-order valence-corrected chi connectivity index (χ4v) is 5.86. The maximum Gasteiger partial charge on any atom is 0.187 e. The van der Waals surface area contributed by atoms with E-state index in [9.17, 15) is 20.4 Å². The summed E-state index contributed by atoms with van der Waals surface area (Å²) in [6.07, 6.45) is -0.451. The first-order valence-electron chi connectivity index (χ1n) is 10.5. The van der Waals surface area contributed by atoms with Crippen molar-refractivity contribution < 1.29 is 29.9 Å². The number of ether oxygens (including phenoxy) is 2. The molecule has 6 nitrogen and oxygen atoms in total. The molecular formula is C21H38O6. The van der Waals surface area contributed by atoms with Crippen LogP contribution in [-0.2, 0) is 9.47 Å². The third kappa shape index (κ3) is 3.69. The Kier molecular flexibility index (Phi) is 6.00. The molecule has 0 aromatic heterocycles. The van der Waals surface area contributed by atoms with Gasteiger partial charge in [0.25, 0.3) is 0 Å². The van der Waals surface area contributed by atoms with Gasteiger partial charge >= 0.3 is 0 Å². The van der Waals surface area contributed by atoms with Gasteiger partial charge in [0.2, 0.25) is 0 Å². The summed E-state index contributed by atoms with van der Waals surface area (Å²) in [6.45, 7) is 10.2. The van der Waals surface area contributed by atoms with Crippen molar-refractivity contribution in [2.24, 2.45) is 23.2 Å². The number of aliphatic hydroxyl groups excluding tert-OH is 4. The van der Waals surface area contributed by atoms with Crippen LogP contribution in [0.3, 0.4) is 0 Å². The van der Waals surface area contributed by atoms with Crippen molar-refractivity contribution in [2.75, 3.05) is 0 Å². The van der Waals surface area contributed by atoms with Gasteiger partial charge in [0, 0.05) is 0 Å². The van der Waals surface area contributed by atoms with E-state index in [4.69, 9.17) is 9.47 Å². The van der Waals surface area contributed by atoms with Crippen LogP contribution in [0.1, 0.15) is 66.7 Å². The highest BCUT2D eigenvalue weighted by molar-refractivity contribution is 5.04. The van der Waals surface area contributed by atoms with E-state index in [0.29, 0.717) is 5.92 Å². The van der Waals surface area contributed by atoms with E-state index in [2.05, 4.69) is 13.8 Å². The van der Waals surface area contributed by atoms with Crippen molar-refractivity contribution >= 4 is 0 Å². The van der Waals surface area contributed by atoms with Crippen molar-refractivity contribution in [3.05, 3.63) is 0 Å². The van der Waals surface area contributed by atoms with Crippen LogP contribution < -0.4 is 0 Å². The van der Waals surface area contributed by atoms with Gasteiger partial charge in [-0.1, -0.05) is 13.8 Å². The number of aliphatic hydroxyl groups is 4. The lowest BCUT2D eigenvalue weighted by Gasteiger charge is -2.49. The smallest absolute Gasteiger partial charge is 0.187 e. The molecule has 27 heavy (non-hydrogen) atoms. The third-order valence-corrected chi connectivity index (χ3v) is 8.16. The summed E-state index contributed by atoms with van der Waals surface area (Å²) in [5.41, 5.74) is -0.406. The van der Waals surface area contributed by atoms with Gasteiger partial charge in [0.15, 0.2) is 6.29 Å². The summed E-state index contributed by atoms with van der Waals surface area (Å²) < 4.78 is 11.8. The Morgan fingerprint density at radius 1 is 0.926 bits per heavy atom. The van der Waals surface area contributed by atoms with E-state index in [-0.39, 0.29) is 23.4 Å². The highest BCUT2D eigenvalue weighted by atomic mass is 16.7. The highest BCUT2D eigenvalue weighted by Gasteiger charge is 2.55. The van der Waals surface area contributed by atoms with E-state index in [1.54, 1.807) is 6.92 Å². The van der Waals surface area contributed by atoms with Gasteiger partial charge < -0.3 is 29.9 Å². The summed E-state index contributed by atoms with van der Waals surface area (Å²) in [6, 6.07) is 0. The van der Waals surface area contributed by atoms with Crippen LogP contribution in [0.15, 0.2) is 0 Å². The van der Waals surface area contributed by atoms with Gasteiger partial charge in [0.05, 0.1) is 17.8 Å². The molecule has 0 unspecified atom stereocenters. The molecule has 0 amide bonds. The predicted octanol–water partition coefficient (Wildman–Crippen LogP) is 1.82. The number of rotatable bonds is 3. The molecule has 3 rings (SSSR count). The molecule has 2 aliphatic carbocycles. The van der Waals surface area contributed by atoms with Gasteiger partial charge in [-0.25, -0.2) is 0 Å². The van der Waals surface area contributed by atoms with Crippen molar-refractivity contribution in [3.8, 4) is 0 Å². The second-order valence-electron chi connectivity index (χ2n) is 9.91. The first-order chi connectivity index (χ1) is 12.5. The zero-order valence-corrected chi connectivity index (χ0v) is 17.3. The first kappa shape index (κ1) is 21.5. The SMILES string of the molecule is C[C@H]1O[C@@H](OC(C)(C)[C@@H]2CC[C@]3(C2)[C@@H](C)CC[C@@H](O)[C@@H]3C)[C@H](O)[C@@H](O)[C@H]1O. The summed E-state index contributed by atoms with van der Waals surface area (Å²) in [5.74, 6) is 1.13. The zero-order valence-electron chi connectivity index (χ0n) is 17.3. The molecule has 3 aliphatic rings. The molecule has 4 N–H and O–H groups in total. The third-order valence-electron chi connectivity index (χ3n) is 8.16. The second-order valence-corrected chi connectivity index (χ2v) is 9.91. The molecule has 0 bridgehead atoms. The van der Waals surface area contributed by atoms with Gasteiger partial charge in [0.1, 0.15) is 18.3 Å². The van der Waals surface area contributed by atoms with Crippen LogP contribution in [0.2, 0.25) is 0 Å². The van der Waals surface area contributed by atoms with E-state index in [0.717, 1.165) is 32.1 Å². The molecule has 10 atom stereocenters. The Bertz CT molecular complexity index is 525. The first-order valence-corrected chi connectivity index (χ1v) is 10.5. The topological polar surface area (TPSA) is 99.4 Å². The minimum Gasteiger partial charge on any atom is -0.393 e. The Hall–Kier alpha value is -0.240. The Morgan fingerprint density at radius 3 is 2.26 bits per heavy atom. The van der Waals surface area contributed by atoms with Gasteiger partial charge in [-0.2, -0.15) is 0 Å². The molecule has 2 saturated carbocycles. The molecular weight excluding hydrogens is 348 g/mol. The Morgan fingerprint density at radius 2 is 1.59 bits per heavy atom. The van der Waals surface area contributed by atoms with Gasteiger partial charge in [-0.15, -0.1) is 0 Å². The van der Waals surface area contributed by atoms with Crippen LogP contribution in [-0.4, -0.2) is 62.8 Å². The average Bonchev–Trinajstić information content (AvgIpc) is 3.07. The molecule has 6 heteroatoms. The fraction of sp³-hybridized carbons (Fsp3) is 1.00. The average molecular weight is 387 g/mol. The highest BCUT2D eigenvalue weighted by Crippen LogP contribution is 2.59. The molecule has 1 saturated heterocycles. The maximum atomic E-state index is 10.5. The van der Waals surface area contributed by atoms with Crippen LogP contribution in [0, 0.1) is 23.2 Å². The summed E-state index contributed by atoms with van der Waals surface area (Å²) in [5, 5.41) is 40.7. The minimum atomic E-state index is -1.28. The van der Waals surface area contributed by atoms with E-state index in [1.165, 1.54) is 0 Å². The lowest BCUT2D eigenvalue weighted by molar-refractivity contribution is -0.322. The number of hydrogen-bond acceptors (Lipinski definition) is 6. The maximum absolute atomic E-state index is 10.5. The fourth-order valence-electron chi connectivity index (χ4n) is 5.86. The number of hydrogen-bond donors (Lipinski definition) is 4. The molecule has 1 aliphatic heterocycles. The molecule has 0 aromatic rings. The van der Waals surface area contributed by atoms with E-state index < -0.39 is 36.3 Å².